The lowest BCUT2D eigenvalue weighted by Gasteiger charge is -2.09. The molecule has 0 fully saturated rings. The fourth-order valence-electron chi connectivity index (χ4n) is 1.92. The Morgan fingerprint density at radius 1 is 1.35 bits per heavy atom. The number of carbonyl (C=O) groups excluding carboxylic acids is 1. The van der Waals surface area contributed by atoms with Crippen molar-refractivity contribution in [3.05, 3.63) is 41.6 Å². The van der Waals surface area contributed by atoms with Gasteiger partial charge in [-0.2, -0.15) is 0 Å². The number of nitrogens with zero attached hydrogens (tertiary/aromatic N) is 1. The number of aryl methyl sites for hydroxylation is 1. The van der Waals surface area contributed by atoms with Crippen LogP contribution in [0.15, 0.2) is 28.7 Å². The van der Waals surface area contributed by atoms with Gasteiger partial charge in [0, 0.05) is 6.92 Å². The summed E-state index contributed by atoms with van der Waals surface area (Å²) in [5, 5.41) is 2.79. The number of methoxy groups -OCH3 is 1. The molecule has 0 aliphatic carbocycles. The van der Waals surface area contributed by atoms with Crippen molar-refractivity contribution in [2.75, 3.05) is 12.4 Å². The maximum Gasteiger partial charge on any atom is 0.293 e. The van der Waals surface area contributed by atoms with Gasteiger partial charge in [-0.15, -0.1) is 0 Å². The lowest BCUT2D eigenvalue weighted by atomic mass is 10.1. The van der Waals surface area contributed by atoms with Gasteiger partial charge in [0.05, 0.1) is 18.5 Å². The van der Waals surface area contributed by atoms with Crippen LogP contribution < -0.4 is 10.1 Å². The molecule has 1 heterocycles. The van der Waals surface area contributed by atoms with Crippen LogP contribution in [0.5, 0.6) is 5.75 Å². The second kappa shape index (κ2) is 5.77. The van der Waals surface area contributed by atoms with Gasteiger partial charge in [-0.05, 0) is 18.1 Å². The van der Waals surface area contributed by atoms with Crippen molar-refractivity contribution in [1.29, 1.82) is 0 Å². The van der Waals surface area contributed by atoms with Gasteiger partial charge in [-0.1, -0.05) is 26.0 Å². The highest BCUT2D eigenvalue weighted by molar-refractivity contribution is 6.03. The van der Waals surface area contributed by atoms with Crippen LogP contribution in [0.2, 0.25) is 0 Å². The highest BCUT2D eigenvalue weighted by Crippen LogP contribution is 2.25. The van der Waals surface area contributed by atoms with Crippen LogP contribution >= 0.6 is 0 Å². The third-order valence-electron chi connectivity index (χ3n) is 2.87. The Kier molecular flexibility index (Phi) is 4.08. The molecule has 20 heavy (non-hydrogen) atoms. The summed E-state index contributed by atoms with van der Waals surface area (Å²) in [4.78, 5) is 16.6. The predicted molar refractivity (Wildman–Crippen MR) is 76.3 cm³/mol. The molecule has 2 aromatic rings. The highest BCUT2D eigenvalue weighted by Gasteiger charge is 2.21. The molecular weight excluding hydrogens is 256 g/mol. The molecule has 5 heteroatoms. The van der Waals surface area contributed by atoms with Crippen molar-refractivity contribution in [1.82, 2.24) is 4.98 Å². The first-order valence-electron chi connectivity index (χ1n) is 6.44. The van der Waals surface area contributed by atoms with Crippen molar-refractivity contribution in [3.8, 4) is 5.75 Å². The Morgan fingerprint density at radius 2 is 2.05 bits per heavy atom. The quantitative estimate of drug-likeness (QED) is 0.928. The number of carbonyl (C=O) groups is 1. The Morgan fingerprint density at radius 3 is 2.70 bits per heavy atom. The number of benzene rings is 1. The van der Waals surface area contributed by atoms with E-state index in [1.54, 1.807) is 26.2 Å². The summed E-state index contributed by atoms with van der Waals surface area (Å²) in [6.45, 7) is 5.67. The average molecular weight is 274 g/mol. The molecular formula is C15H18N2O3. The van der Waals surface area contributed by atoms with Crippen LogP contribution in [0.4, 0.5) is 5.69 Å². The van der Waals surface area contributed by atoms with Crippen LogP contribution in [0.3, 0.4) is 0 Å². The summed E-state index contributed by atoms with van der Waals surface area (Å²) in [5.74, 6) is 1.13. The molecule has 1 aromatic carbocycles. The minimum absolute atomic E-state index is 0.117. The second-order valence-electron chi connectivity index (χ2n) is 4.76. The highest BCUT2D eigenvalue weighted by atomic mass is 16.5. The summed E-state index contributed by atoms with van der Waals surface area (Å²) in [6, 6.07) is 7.22. The maximum absolute atomic E-state index is 12.3. The number of hydrogen-bond acceptors (Lipinski definition) is 4. The number of aromatic nitrogens is 1. The Labute approximate surface area is 118 Å². The summed E-state index contributed by atoms with van der Waals surface area (Å²) >= 11 is 0. The van der Waals surface area contributed by atoms with Crippen molar-refractivity contribution in [2.24, 2.45) is 0 Å². The van der Waals surface area contributed by atoms with E-state index in [1.807, 2.05) is 26.0 Å². The summed E-state index contributed by atoms with van der Waals surface area (Å²) in [7, 11) is 1.56. The molecule has 0 bridgehead atoms. The molecule has 5 nitrogen and oxygen atoms in total. The number of para-hydroxylation sites is 2. The van der Waals surface area contributed by atoms with Gasteiger partial charge in [0.25, 0.3) is 5.91 Å². The summed E-state index contributed by atoms with van der Waals surface area (Å²) < 4.78 is 10.6. The zero-order valence-corrected chi connectivity index (χ0v) is 12.1. The number of hydrogen-bond donors (Lipinski definition) is 1. The topological polar surface area (TPSA) is 64.4 Å². The molecule has 1 amide bonds. The molecule has 0 radical (unpaired) electrons. The van der Waals surface area contributed by atoms with Crippen LogP contribution in [-0.4, -0.2) is 18.0 Å². The fraction of sp³-hybridized carbons (Fsp3) is 0.333. The second-order valence-corrected chi connectivity index (χ2v) is 4.76. The standard InChI is InChI=1S/C15H18N2O3/c1-9(2)13-14(20-10(3)16-13)15(18)17-11-7-5-6-8-12(11)19-4/h5-9H,1-4H3,(H,17,18). The molecule has 0 aliphatic heterocycles. The number of ether oxygens (including phenoxy) is 1. The van der Waals surface area contributed by atoms with Crippen LogP contribution in [0, 0.1) is 6.92 Å². The maximum atomic E-state index is 12.3. The van der Waals surface area contributed by atoms with E-state index in [0.717, 1.165) is 0 Å². The van der Waals surface area contributed by atoms with Crippen molar-refractivity contribution >= 4 is 11.6 Å². The van der Waals surface area contributed by atoms with E-state index in [-0.39, 0.29) is 17.6 Å². The molecule has 106 valence electrons. The van der Waals surface area contributed by atoms with Crippen molar-refractivity contribution in [2.45, 2.75) is 26.7 Å². The molecule has 0 atom stereocenters. The normalized spacial score (nSPS) is 10.7. The van der Waals surface area contributed by atoms with E-state index in [0.29, 0.717) is 23.0 Å². The van der Waals surface area contributed by atoms with Crippen molar-refractivity contribution < 1.29 is 13.9 Å². The van der Waals surface area contributed by atoms with Crippen LogP contribution in [0.1, 0.15) is 41.9 Å². The number of nitrogens with one attached hydrogen (secondary N) is 1. The Hall–Kier alpha value is -2.30. The number of rotatable bonds is 4. The molecule has 0 saturated carbocycles. The van der Waals surface area contributed by atoms with E-state index in [2.05, 4.69) is 10.3 Å². The minimum Gasteiger partial charge on any atom is -0.495 e. The van der Waals surface area contributed by atoms with Gasteiger partial charge >= 0.3 is 0 Å². The first-order chi connectivity index (χ1) is 9.52. The Bertz CT molecular complexity index is 617. The number of oxazole rings is 1. The molecule has 1 aromatic heterocycles. The molecule has 0 aliphatic rings. The monoisotopic (exact) mass is 274 g/mol. The molecule has 2 rings (SSSR count). The van der Waals surface area contributed by atoms with E-state index < -0.39 is 0 Å². The van der Waals surface area contributed by atoms with Crippen molar-refractivity contribution in [3.63, 3.8) is 0 Å². The predicted octanol–water partition coefficient (Wildman–Crippen LogP) is 3.37. The van der Waals surface area contributed by atoms with E-state index >= 15 is 0 Å². The lowest BCUT2D eigenvalue weighted by Crippen LogP contribution is -2.14. The van der Waals surface area contributed by atoms with Gasteiger partial charge < -0.3 is 14.5 Å². The molecule has 0 unspecified atom stereocenters. The Balaban J connectivity index is 2.28. The van der Waals surface area contributed by atoms with E-state index in [4.69, 9.17) is 9.15 Å². The first-order valence-corrected chi connectivity index (χ1v) is 6.44. The van der Waals surface area contributed by atoms with Gasteiger partial charge in [-0.25, -0.2) is 4.98 Å². The average Bonchev–Trinajstić information content (AvgIpc) is 2.82. The lowest BCUT2D eigenvalue weighted by molar-refractivity contribution is 0.0993. The molecule has 1 N–H and O–H groups in total. The first kappa shape index (κ1) is 14.1. The van der Waals surface area contributed by atoms with Gasteiger partial charge in [0.15, 0.2) is 5.89 Å². The summed E-state index contributed by atoms with van der Waals surface area (Å²) in [5.41, 5.74) is 1.26. The third-order valence-corrected chi connectivity index (χ3v) is 2.87. The molecule has 0 spiro atoms. The zero-order valence-electron chi connectivity index (χ0n) is 12.1. The number of anilines is 1. The van der Waals surface area contributed by atoms with Gasteiger partial charge in [0.1, 0.15) is 5.75 Å². The third kappa shape index (κ3) is 2.82. The van der Waals surface area contributed by atoms with Gasteiger partial charge in [-0.3, -0.25) is 4.79 Å². The fourth-order valence-corrected chi connectivity index (χ4v) is 1.92. The molecule has 0 saturated heterocycles. The smallest absolute Gasteiger partial charge is 0.293 e. The minimum atomic E-state index is -0.321. The van der Waals surface area contributed by atoms with E-state index in [1.165, 1.54) is 0 Å². The van der Waals surface area contributed by atoms with Crippen LogP contribution in [0.25, 0.3) is 0 Å². The SMILES string of the molecule is COc1ccccc1NC(=O)c1oc(C)nc1C(C)C. The number of amides is 1. The zero-order chi connectivity index (χ0) is 14.7. The largest absolute Gasteiger partial charge is 0.495 e. The summed E-state index contributed by atoms with van der Waals surface area (Å²) in [6.07, 6.45) is 0. The van der Waals surface area contributed by atoms with Crippen LogP contribution in [-0.2, 0) is 0 Å². The van der Waals surface area contributed by atoms with Gasteiger partial charge in [0.2, 0.25) is 5.76 Å². The van der Waals surface area contributed by atoms with E-state index in [9.17, 15) is 4.79 Å².